The fraction of sp³-hybridized carbons (Fsp3) is 0.625. The number of hydrogen-bond donors (Lipinski definition) is 1. The highest BCUT2D eigenvalue weighted by atomic mass is 16.3. The number of hydrogen-bond acceptors (Lipinski definition) is 3. The maximum absolute atomic E-state index is 12.7. The number of furan rings is 1. The molecule has 5 heteroatoms. The van der Waals surface area contributed by atoms with Crippen LogP contribution in [0.25, 0.3) is 0 Å². The molecular weight excluding hydrogens is 268 g/mol. The van der Waals surface area contributed by atoms with Crippen LogP contribution in [0.4, 0.5) is 0 Å². The van der Waals surface area contributed by atoms with Gasteiger partial charge in [0.15, 0.2) is 0 Å². The van der Waals surface area contributed by atoms with Gasteiger partial charge in [0, 0.05) is 0 Å². The zero-order valence-electron chi connectivity index (χ0n) is 13.2. The highest BCUT2D eigenvalue weighted by molar-refractivity contribution is 5.96. The SMILES string of the molecule is CCC1C(=O)NC(CC(C)C)C(=O)N1Cc1ccc(C)o1. The predicted molar refractivity (Wildman–Crippen MR) is 79.5 cm³/mol. The molecule has 2 atom stereocenters. The van der Waals surface area contributed by atoms with Gasteiger partial charge < -0.3 is 14.6 Å². The second kappa shape index (κ2) is 6.33. The van der Waals surface area contributed by atoms with Crippen LogP contribution in [0.15, 0.2) is 16.5 Å². The smallest absolute Gasteiger partial charge is 0.246 e. The van der Waals surface area contributed by atoms with Gasteiger partial charge >= 0.3 is 0 Å². The minimum Gasteiger partial charge on any atom is -0.464 e. The van der Waals surface area contributed by atoms with Crippen molar-refractivity contribution in [1.29, 1.82) is 0 Å². The second-order valence-corrected chi connectivity index (χ2v) is 6.09. The minimum absolute atomic E-state index is 0.01000. The first-order chi connectivity index (χ1) is 9.92. The summed E-state index contributed by atoms with van der Waals surface area (Å²) in [6.07, 6.45) is 1.26. The summed E-state index contributed by atoms with van der Waals surface area (Å²) in [6, 6.07) is 2.90. The monoisotopic (exact) mass is 292 g/mol. The Labute approximate surface area is 125 Å². The standard InChI is InChI=1S/C16H24N2O3/c1-5-14-15(19)17-13(8-10(2)3)16(20)18(14)9-12-7-6-11(4)21-12/h6-7,10,13-14H,5,8-9H2,1-4H3,(H,17,19). The first-order valence-electron chi connectivity index (χ1n) is 7.58. The Morgan fingerprint density at radius 2 is 2.05 bits per heavy atom. The molecule has 2 rings (SSSR count). The molecular formula is C16H24N2O3. The Kier molecular flexibility index (Phi) is 4.70. The number of carbonyl (C=O) groups excluding carboxylic acids is 2. The van der Waals surface area contributed by atoms with Gasteiger partial charge in [-0.05, 0) is 37.8 Å². The molecule has 0 bridgehead atoms. The van der Waals surface area contributed by atoms with Crippen molar-refractivity contribution in [2.24, 2.45) is 5.92 Å². The number of carbonyl (C=O) groups is 2. The topological polar surface area (TPSA) is 62.6 Å². The molecule has 5 nitrogen and oxygen atoms in total. The Morgan fingerprint density at radius 3 is 2.57 bits per heavy atom. The van der Waals surface area contributed by atoms with Crippen molar-refractivity contribution in [2.45, 2.75) is 59.2 Å². The molecule has 0 radical (unpaired) electrons. The van der Waals surface area contributed by atoms with Gasteiger partial charge in [0.05, 0.1) is 6.54 Å². The van der Waals surface area contributed by atoms with Gasteiger partial charge in [-0.25, -0.2) is 0 Å². The summed E-state index contributed by atoms with van der Waals surface area (Å²) in [6.45, 7) is 8.23. The number of aryl methyl sites for hydroxylation is 1. The summed E-state index contributed by atoms with van der Waals surface area (Å²) in [5.41, 5.74) is 0. The molecule has 21 heavy (non-hydrogen) atoms. The maximum Gasteiger partial charge on any atom is 0.246 e. The number of nitrogens with one attached hydrogen (secondary N) is 1. The maximum atomic E-state index is 12.7. The Hall–Kier alpha value is -1.78. The van der Waals surface area contributed by atoms with Gasteiger partial charge in [-0.3, -0.25) is 9.59 Å². The lowest BCUT2D eigenvalue weighted by Gasteiger charge is -2.38. The molecule has 116 valence electrons. The van der Waals surface area contributed by atoms with Crippen LogP contribution in [-0.4, -0.2) is 28.8 Å². The van der Waals surface area contributed by atoms with Crippen LogP contribution in [0.2, 0.25) is 0 Å². The van der Waals surface area contributed by atoms with E-state index < -0.39 is 12.1 Å². The van der Waals surface area contributed by atoms with E-state index >= 15 is 0 Å². The summed E-state index contributed by atoms with van der Waals surface area (Å²) in [7, 11) is 0. The molecule has 2 amide bonds. The molecule has 0 spiro atoms. The molecule has 1 aliphatic heterocycles. The average Bonchev–Trinajstić information content (AvgIpc) is 2.80. The lowest BCUT2D eigenvalue weighted by atomic mass is 9.97. The van der Waals surface area contributed by atoms with E-state index in [1.165, 1.54) is 0 Å². The summed E-state index contributed by atoms with van der Waals surface area (Å²) in [5, 5.41) is 2.86. The van der Waals surface area contributed by atoms with Gasteiger partial charge in [0.1, 0.15) is 23.6 Å². The van der Waals surface area contributed by atoms with Crippen molar-refractivity contribution >= 4 is 11.8 Å². The fourth-order valence-corrected chi connectivity index (χ4v) is 2.79. The van der Waals surface area contributed by atoms with E-state index in [2.05, 4.69) is 5.32 Å². The van der Waals surface area contributed by atoms with E-state index in [9.17, 15) is 9.59 Å². The lowest BCUT2D eigenvalue weighted by Crippen LogP contribution is -2.62. The lowest BCUT2D eigenvalue weighted by molar-refractivity contribution is -0.150. The van der Waals surface area contributed by atoms with Gasteiger partial charge in [-0.2, -0.15) is 0 Å². The summed E-state index contributed by atoms with van der Waals surface area (Å²) in [4.78, 5) is 26.5. The molecule has 0 aromatic carbocycles. The normalized spacial score (nSPS) is 22.8. The third-order valence-corrected chi connectivity index (χ3v) is 3.79. The quantitative estimate of drug-likeness (QED) is 0.905. The van der Waals surface area contributed by atoms with Crippen LogP contribution in [0, 0.1) is 12.8 Å². The summed E-state index contributed by atoms with van der Waals surface area (Å²) in [5.74, 6) is 1.81. The number of nitrogens with zero attached hydrogens (tertiary/aromatic N) is 1. The Morgan fingerprint density at radius 1 is 1.33 bits per heavy atom. The number of rotatable bonds is 5. The summed E-state index contributed by atoms with van der Waals surface area (Å²) < 4.78 is 5.55. The molecule has 2 heterocycles. The van der Waals surface area contributed by atoms with Crippen LogP contribution < -0.4 is 5.32 Å². The van der Waals surface area contributed by atoms with Gasteiger partial charge in [-0.15, -0.1) is 0 Å². The van der Waals surface area contributed by atoms with Crippen molar-refractivity contribution in [3.05, 3.63) is 23.7 Å². The molecule has 1 aliphatic rings. The Balaban J connectivity index is 2.19. The second-order valence-electron chi connectivity index (χ2n) is 6.09. The highest BCUT2D eigenvalue weighted by Gasteiger charge is 2.39. The van der Waals surface area contributed by atoms with E-state index in [1.54, 1.807) is 4.90 Å². The molecule has 0 aliphatic carbocycles. The average molecular weight is 292 g/mol. The molecule has 0 saturated carbocycles. The van der Waals surface area contributed by atoms with Crippen LogP contribution in [-0.2, 0) is 16.1 Å². The van der Waals surface area contributed by atoms with Crippen molar-refractivity contribution in [1.82, 2.24) is 10.2 Å². The van der Waals surface area contributed by atoms with Crippen LogP contribution in [0.1, 0.15) is 45.1 Å². The van der Waals surface area contributed by atoms with Gasteiger partial charge in [-0.1, -0.05) is 20.8 Å². The fourth-order valence-electron chi connectivity index (χ4n) is 2.79. The zero-order chi connectivity index (χ0) is 15.6. The van der Waals surface area contributed by atoms with Crippen LogP contribution in [0.3, 0.4) is 0 Å². The third kappa shape index (κ3) is 3.46. The van der Waals surface area contributed by atoms with E-state index in [-0.39, 0.29) is 11.8 Å². The Bertz CT molecular complexity index is 521. The van der Waals surface area contributed by atoms with E-state index in [4.69, 9.17) is 4.42 Å². The van der Waals surface area contributed by atoms with Gasteiger partial charge in [0.25, 0.3) is 0 Å². The third-order valence-electron chi connectivity index (χ3n) is 3.79. The van der Waals surface area contributed by atoms with Crippen LogP contribution >= 0.6 is 0 Å². The minimum atomic E-state index is -0.420. The number of amides is 2. The molecule has 1 saturated heterocycles. The zero-order valence-corrected chi connectivity index (χ0v) is 13.2. The van der Waals surface area contributed by atoms with Crippen molar-refractivity contribution in [2.75, 3.05) is 0 Å². The highest BCUT2D eigenvalue weighted by Crippen LogP contribution is 2.21. The first-order valence-corrected chi connectivity index (χ1v) is 7.58. The predicted octanol–water partition coefficient (Wildman–Crippen LogP) is 2.24. The molecule has 1 fully saturated rings. The van der Waals surface area contributed by atoms with Crippen molar-refractivity contribution in [3.63, 3.8) is 0 Å². The number of piperazine rings is 1. The van der Waals surface area contributed by atoms with E-state index in [1.807, 2.05) is 39.8 Å². The molecule has 1 N–H and O–H groups in total. The van der Waals surface area contributed by atoms with Crippen LogP contribution in [0.5, 0.6) is 0 Å². The van der Waals surface area contributed by atoms with Crippen molar-refractivity contribution in [3.8, 4) is 0 Å². The van der Waals surface area contributed by atoms with E-state index in [0.717, 1.165) is 11.5 Å². The largest absolute Gasteiger partial charge is 0.464 e. The molecule has 1 aromatic rings. The van der Waals surface area contributed by atoms with E-state index in [0.29, 0.717) is 25.3 Å². The first kappa shape index (κ1) is 15.6. The summed E-state index contributed by atoms with van der Waals surface area (Å²) >= 11 is 0. The molecule has 2 unspecified atom stereocenters. The van der Waals surface area contributed by atoms with Gasteiger partial charge in [0.2, 0.25) is 11.8 Å². The molecule has 1 aromatic heterocycles. The van der Waals surface area contributed by atoms with Crippen molar-refractivity contribution < 1.29 is 14.0 Å².